The Morgan fingerprint density at radius 1 is 1.27 bits per heavy atom. The molecule has 1 heterocycles. The molecule has 0 aromatic heterocycles. The molecule has 0 saturated carbocycles. The van der Waals surface area contributed by atoms with Crippen molar-refractivity contribution in [3.05, 3.63) is 64.6 Å². The fourth-order valence-electron chi connectivity index (χ4n) is 2.35. The molecule has 130 valence electrons. The van der Waals surface area contributed by atoms with Gasteiger partial charge in [-0.05, 0) is 41.1 Å². The van der Waals surface area contributed by atoms with Gasteiger partial charge < -0.3 is 9.84 Å². The zero-order chi connectivity index (χ0) is 18.4. The summed E-state index contributed by atoms with van der Waals surface area (Å²) in [5.41, 5.74) is 1.81. The summed E-state index contributed by atoms with van der Waals surface area (Å²) in [6.07, 6.45) is 3.99. The lowest BCUT2D eigenvalue weighted by Gasteiger charge is -2.09. The van der Waals surface area contributed by atoms with E-state index in [4.69, 9.17) is 10.00 Å². The molecule has 1 saturated heterocycles. The molecule has 2 aromatic rings. The lowest BCUT2D eigenvalue weighted by Crippen LogP contribution is -2.19. The summed E-state index contributed by atoms with van der Waals surface area (Å²) in [6, 6.07) is 14.9. The second-order valence-electron chi connectivity index (χ2n) is 5.39. The minimum atomic E-state index is -0.327. The number of nitriles is 1. The monoisotopic (exact) mass is 365 g/mol. The largest absolute Gasteiger partial charge is 0.504 e. The van der Waals surface area contributed by atoms with Crippen LogP contribution in [0.4, 0.5) is 0 Å². The summed E-state index contributed by atoms with van der Waals surface area (Å²) in [6.45, 7) is 0.449. The van der Waals surface area contributed by atoms with E-state index in [9.17, 15) is 9.90 Å². The standard InChI is InChI=1S/C19H15N3O3S/c20-12-21-19-22-18(24)17(26-19)11-14-6-7-16(15(23)10-14)25-9-8-13-4-2-1-3-5-13/h1-7,10-11,23H,8-9H2,(H,21,22,24). The van der Waals surface area contributed by atoms with Gasteiger partial charge in [0, 0.05) is 6.42 Å². The van der Waals surface area contributed by atoms with Crippen LogP contribution in [0.15, 0.2) is 58.4 Å². The lowest BCUT2D eigenvalue weighted by molar-refractivity contribution is -0.115. The molecule has 0 atom stereocenters. The van der Waals surface area contributed by atoms with E-state index in [1.165, 1.54) is 6.07 Å². The summed E-state index contributed by atoms with van der Waals surface area (Å²) < 4.78 is 5.63. The van der Waals surface area contributed by atoms with E-state index in [1.807, 2.05) is 30.3 Å². The van der Waals surface area contributed by atoms with Crippen LogP contribution in [0, 0.1) is 11.5 Å². The smallest absolute Gasteiger partial charge is 0.264 e. The molecule has 1 fully saturated rings. The number of phenols is 1. The second kappa shape index (κ2) is 8.23. The van der Waals surface area contributed by atoms with Gasteiger partial charge in [-0.3, -0.25) is 10.1 Å². The molecule has 3 rings (SSSR count). The summed E-state index contributed by atoms with van der Waals surface area (Å²) in [7, 11) is 0. The molecule has 0 aliphatic carbocycles. The molecule has 0 spiro atoms. The van der Waals surface area contributed by atoms with E-state index >= 15 is 0 Å². The van der Waals surface area contributed by atoms with Gasteiger partial charge in [-0.15, -0.1) is 4.99 Å². The van der Waals surface area contributed by atoms with Crippen molar-refractivity contribution in [1.29, 1.82) is 5.26 Å². The summed E-state index contributed by atoms with van der Waals surface area (Å²) in [5.74, 6) is 0.0618. The fourth-order valence-corrected chi connectivity index (χ4v) is 3.12. The first-order valence-electron chi connectivity index (χ1n) is 7.83. The molecule has 0 unspecified atom stereocenters. The SMILES string of the molecule is N#CN=C1NC(=O)C(=Cc2ccc(OCCc3ccccc3)c(O)c2)S1. The summed E-state index contributed by atoms with van der Waals surface area (Å²) in [5, 5.41) is 21.4. The van der Waals surface area contributed by atoms with Gasteiger partial charge in [0.05, 0.1) is 11.5 Å². The molecule has 1 aliphatic heterocycles. The van der Waals surface area contributed by atoms with Crippen LogP contribution in [-0.2, 0) is 11.2 Å². The van der Waals surface area contributed by atoms with E-state index in [1.54, 1.807) is 24.4 Å². The minimum Gasteiger partial charge on any atom is -0.504 e. The quantitative estimate of drug-likeness (QED) is 0.627. The highest BCUT2D eigenvalue weighted by atomic mass is 32.2. The molecule has 0 radical (unpaired) electrons. The Morgan fingerprint density at radius 2 is 2.08 bits per heavy atom. The zero-order valence-electron chi connectivity index (χ0n) is 13.7. The highest BCUT2D eigenvalue weighted by Gasteiger charge is 2.23. The molecule has 6 nitrogen and oxygen atoms in total. The maximum Gasteiger partial charge on any atom is 0.264 e. The molecule has 1 amide bonds. The van der Waals surface area contributed by atoms with Crippen molar-refractivity contribution >= 4 is 28.9 Å². The number of aromatic hydroxyl groups is 1. The Hall–Kier alpha value is -3.24. The Kier molecular flexibility index (Phi) is 5.56. The van der Waals surface area contributed by atoms with E-state index in [2.05, 4.69) is 10.3 Å². The molecular weight excluding hydrogens is 350 g/mol. The first kappa shape index (κ1) is 17.6. The molecule has 1 aliphatic rings. The molecule has 0 bridgehead atoms. The number of rotatable bonds is 5. The Labute approximate surface area is 154 Å². The predicted molar refractivity (Wildman–Crippen MR) is 101 cm³/mol. The normalized spacial score (nSPS) is 16.5. The number of ether oxygens (including phenoxy) is 1. The average Bonchev–Trinajstić information content (AvgIpc) is 2.97. The maximum absolute atomic E-state index is 11.8. The zero-order valence-corrected chi connectivity index (χ0v) is 14.5. The molecule has 26 heavy (non-hydrogen) atoms. The lowest BCUT2D eigenvalue weighted by atomic mass is 10.1. The van der Waals surface area contributed by atoms with Gasteiger partial charge in [-0.2, -0.15) is 5.26 Å². The van der Waals surface area contributed by atoms with Crippen LogP contribution >= 0.6 is 11.8 Å². The van der Waals surface area contributed by atoms with E-state index < -0.39 is 0 Å². The first-order valence-corrected chi connectivity index (χ1v) is 8.65. The number of phenolic OH excluding ortho intramolecular Hbond substituents is 1. The Balaban J connectivity index is 1.64. The number of nitrogens with one attached hydrogen (secondary N) is 1. The van der Waals surface area contributed by atoms with Crippen LogP contribution in [0.3, 0.4) is 0 Å². The minimum absolute atomic E-state index is 0.00160. The van der Waals surface area contributed by atoms with Crippen LogP contribution in [0.5, 0.6) is 11.5 Å². The number of amides is 1. The highest BCUT2D eigenvalue weighted by Crippen LogP contribution is 2.30. The number of aliphatic imine (C=N–C) groups is 1. The number of benzene rings is 2. The second-order valence-corrected chi connectivity index (χ2v) is 6.42. The predicted octanol–water partition coefficient (Wildman–Crippen LogP) is 3.05. The molecule has 7 heteroatoms. The fraction of sp³-hybridized carbons (Fsp3) is 0.105. The van der Waals surface area contributed by atoms with Crippen LogP contribution in [0.25, 0.3) is 6.08 Å². The van der Waals surface area contributed by atoms with Crippen molar-refractivity contribution in [2.75, 3.05) is 6.61 Å². The van der Waals surface area contributed by atoms with Crippen molar-refractivity contribution < 1.29 is 14.6 Å². The van der Waals surface area contributed by atoms with Gasteiger partial charge in [0.1, 0.15) is 0 Å². The van der Waals surface area contributed by atoms with Crippen molar-refractivity contribution in [3.8, 4) is 17.7 Å². The Bertz CT molecular complexity index is 917. The van der Waals surface area contributed by atoms with Crippen molar-refractivity contribution in [2.45, 2.75) is 6.42 Å². The van der Waals surface area contributed by atoms with Crippen LogP contribution in [-0.4, -0.2) is 22.8 Å². The van der Waals surface area contributed by atoms with Crippen LogP contribution in [0.1, 0.15) is 11.1 Å². The average molecular weight is 365 g/mol. The number of hydrogen-bond acceptors (Lipinski definition) is 6. The number of carbonyl (C=O) groups is 1. The van der Waals surface area contributed by atoms with Crippen molar-refractivity contribution in [1.82, 2.24) is 5.32 Å². The molecule has 2 N–H and O–H groups in total. The maximum atomic E-state index is 11.8. The third kappa shape index (κ3) is 4.43. The van der Waals surface area contributed by atoms with Gasteiger partial charge in [0.25, 0.3) is 5.91 Å². The Morgan fingerprint density at radius 3 is 2.81 bits per heavy atom. The number of hydrogen-bond donors (Lipinski definition) is 2. The van der Waals surface area contributed by atoms with E-state index in [-0.39, 0.29) is 16.8 Å². The van der Waals surface area contributed by atoms with Crippen molar-refractivity contribution in [2.24, 2.45) is 4.99 Å². The van der Waals surface area contributed by atoms with Gasteiger partial charge in [-0.1, -0.05) is 36.4 Å². The van der Waals surface area contributed by atoms with Gasteiger partial charge in [0.2, 0.25) is 6.19 Å². The number of carbonyl (C=O) groups excluding carboxylic acids is 1. The van der Waals surface area contributed by atoms with Crippen molar-refractivity contribution in [3.63, 3.8) is 0 Å². The molecule has 2 aromatic carbocycles. The highest BCUT2D eigenvalue weighted by molar-refractivity contribution is 8.18. The molecular formula is C19H15N3O3S. The summed E-state index contributed by atoms with van der Waals surface area (Å²) in [4.78, 5) is 15.7. The van der Waals surface area contributed by atoms with Crippen LogP contribution < -0.4 is 10.1 Å². The number of thioether (sulfide) groups is 1. The number of nitrogens with zero attached hydrogens (tertiary/aromatic N) is 2. The first-order chi connectivity index (χ1) is 12.7. The third-order valence-electron chi connectivity index (χ3n) is 3.57. The van der Waals surface area contributed by atoms with Crippen LogP contribution in [0.2, 0.25) is 0 Å². The number of amidine groups is 1. The third-order valence-corrected chi connectivity index (χ3v) is 4.48. The topological polar surface area (TPSA) is 94.7 Å². The van der Waals surface area contributed by atoms with E-state index in [0.29, 0.717) is 22.8 Å². The van der Waals surface area contributed by atoms with Gasteiger partial charge in [-0.25, -0.2) is 0 Å². The van der Waals surface area contributed by atoms with Gasteiger partial charge in [0.15, 0.2) is 16.7 Å². The van der Waals surface area contributed by atoms with E-state index in [0.717, 1.165) is 23.7 Å². The van der Waals surface area contributed by atoms with Gasteiger partial charge >= 0.3 is 0 Å². The summed E-state index contributed by atoms with van der Waals surface area (Å²) >= 11 is 1.07.